The van der Waals surface area contributed by atoms with E-state index in [9.17, 15) is 4.79 Å². The van der Waals surface area contributed by atoms with Gasteiger partial charge in [0.15, 0.2) is 0 Å². The highest BCUT2D eigenvalue weighted by molar-refractivity contribution is 9.10. The molecule has 2 saturated heterocycles. The average Bonchev–Trinajstić information content (AvgIpc) is 2.86. The molecule has 6 heteroatoms. The van der Waals surface area contributed by atoms with Crippen LogP contribution in [0.3, 0.4) is 0 Å². The second-order valence-electron chi connectivity index (χ2n) is 4.30. The molecule has 1 N–H and O–H groups in total. The smallest absolute Gasteiger partial charge is 0.292 e. The number of halogens is 1. The molecule has 3 heterocycles. The number of fused-ring (bicyclic) bond motifs is 2. The minimum atomic E-state index is -0.0506. The Morgan fingerprint density at radius 2 is 2.56 bits per heavy atom. The fourth-order valence-electron chi connectivity index (χ4n) is 2.50. The number of likely N-dealkylation sites (tertiary alicyclic amines) is 1. The maximum absolute atomic E-state index is 12.1. The Bertz CT molecular complexity index is 420. The maximum Gasteiger partial charge on any atom is 0.292 e. The molecule has 0 spiro atoms. The van der Waals surface area contributed by atoms with E-state index in [1.807, 2.05) is 4.90 Å². The van der Waals surface area contributed by atoms with Crippen LogP contribution in [-0.2, 0) is 0 Å². The first kappa shape index (κ1) is 10.3. The third kappa shape index (κ3) is 1.66. The topological polar surface area (TPSA) is 58.4 Å². The van der Waals surface area contributed by atoms with Crippen molar-refractivity contribution in [3.63, 3.8) is 0 Å². The number of amides is 1. The Morgan fingerprint density at radius 1 is 1.69 bits per heavy atom. The van der Waals surface area contributed by atoms with Crippen LogP contribution in [0.25, 0.3) is 0 Å². The highest BCUT2D eigenvalue weighted by Crippen LogP contribution is 2.24. The lowest BCUT2D eigenvalue weighted by Crippen LogP contribution is -2.44. The molecule has 2 aliphatic rings. The van der Waals surface area contributed by atoms with Crippen molar-refractivity contribution in [3.8, 4) is 0 Å². The molecule has 0 radical (unpaired) electrons. The van der Waals surface area contributed by atoms with Crippen molar-refractivity contribution in [2.45, 2.75) is 24.9 Å². The molecule has 0 aliphatic carbocycles. The standard InChI is InChI=1S/C10H12BrN3O2/c11-9-4-8(16-13-9)10(15)14-2-1-6-3-7(14)5-12-6/h4,6-7,12H,1-3,5H2. The Labute approximate surface area is 101 Å². The molecular formula is C10H12BrN3O2. The van der Waals surface area contributed by atoms with Gasteiger partial charge in [-0.25, -0.2) is 0 Å². The van der Waals surface area contributed by atoms with Gasteiger partial charge >= 0.3 is 0 Å². The summed E-state index contributed by atoms with van der Waals surface area (Å²) in [6, 6.07) is 2.53. The fourth-order valence-corrected chi connectivity index (χ4v) is 2.78. The van der Waals surface area contributed by atoms with Crippen LogP contribution in [0.2, 0.25) is 0 Å². The number of carbonyl (C=O) groups is 1. The molecule has 2 atom stereocenters. The summed E-state index contributed by atoms with van der Waals surface area (Å²) in [6.45, 7) is 1.70. The van der Waals surface area contributed by atoms with Gasteiger partial charge in [-0.1, -0.05) is 5.16 Å². The van der Waals surface area contributed by atoms with Gasteiger partial charge in [0.25, 0.3) is 5.91 Å². The third-order valence-corrected chi connectivity index (χ3v) is 3.68. The van der Waals surface area contributed by atoms with Crippen molar-refractivity contribution < 1.29 is 9.32 Å². The molecule has 2 fully saturated rings. The number of rotatable bonds is 1. The van der Waals surface area contributed by atoms with Crippen LogP contribution in [-0.4, -0.2) is 41.1 Å². The summed E-state index contributed by atoms with van der Waals surface area (Å²) in [4.78, 5) is 14.0. The Hall–Kier alpha value is -0.880. The summed E-state index contributed by atoms with van der Waals surface area (Å²) in [6.07, 6.45) is 2.08. The summed E-state index contributed by atoms with van der Waals surface area (Å²) >= 11 is 3.18. The maximum atomic E-state index is 12.1. The van der Waals surface area contributed by atoms with Crippen LogP contribution in [0.1, 0.15) is 23.4 Å². The number of hydrogen-bond donors (Lipinski definition) is 1. The largest absolute Gasteiger partial charge is 0.350 e. The minimum absolute atomic E-state index is 0.0506. The van der Waals surface area contributed by atoms with Crippen LogP contribution < -0.4 is 5.32 Å². The summed E-state index contributed by atoms with van der Waals surface area (Å²) in [5.41, 5.74) is 0. The van der Waals surface area contributed by atoms with Crippen LogP contribution in [0.15, 0.2) is 15.2 Å². The van der Waals surface area contributed by atoms with E-state index < -0.39 is 0 Å². The molecule has 2 bridgehead atoms. The fraction of sp³-hybridized carbons (Fsp3) is 0.600. The first-order valence-corrected chi connectivity index (χ1v) is 6.20. The lowest BCUT2D eigenvalue weighted by Gasteiger charge is -2.31. The highest BCUT2D eigenvalue weighted by Gasteiger charge is 2.37. The Kier molecular flexibility index (Phi) is 2.48. The molecule has 3 rings (SSSR count). The van der Waals surface area contributed by atoms with E-state index >= 15 is 0 Å². The van der Waals surface area contributed by atoms with Gasteiger partial charge in [-0.05, 0) is 28.8 Å². The molecule has 16 heavy (non-hydrogen) atoms. The predicted molar refractivity (Wildman–Crippen MR) is 60.1 cm³/mol. The zero-order valence-electron chi connectivity index (χ0n) is 8.65. The van der Waals surface area contributed by atoms with Gasteiger partial charge in [-0.15, -0.1) is 0 Å². The van der Waals surface area contributed by atoms with E-state index in [2.05, 4.69) is 26.4 Å². The SMILES string of the molecule is O=C(c1cc(Br)no1)N1CCC2CC1CN2. The van der Waals surface area contributed by atoms with E-state index in [0.29, 0.717) is 22.4 Å². The normalized spacial score (nSPS) is 28.4. The second-order valence-corrected chi connectivity index (χ2v) is 5.11. The van der Waals surface area contributed by atoms with Crippen LogP contribution >= 0.6 is 15.9 Å². The predicted octanol–water partition coefficient (Wildman–Crippen LogP) is 1.01. The summed E-state index contributed by atoms with van der Waals surface area (Å²) in [7, 11) is 0. The van der Waals surface area contributed by atoms with Crippen molar-refractivity contribution in [2.24, 2.45) is 0 Å². The van der Waals surface area contributed by atoms with Crippen molar-refractivity contribution in [3.05, 3.63) is 16.4 Å². The molecular weight excluding hydrogens is 274 g/mol. The van der Waals surface area contributed by atoms with Gasteiger partial charge in [0.05, 0.1) is 0 Å². The molecule has 2 unspecified atom stereocenters. The summed E-state index contributed by atoms with van der Waals surface area (Å²) < 4.78 is 5.54. The first-order valence-electron chi connectivity index (χ1n) is 5.40. The number of nitrogens with zero attached hydrogens (tertiary/aromatic N) is 2. The van der Waals surface area contributed by atoms with Crippen LogP contribution in [0.4, 0.5) is 0 Å². The molecule has 1 amide bonds. The quantitative estimate of drug-likeness (QED) is 0.837. The summed E-state index contributed by atoms with van der Waals surface area (Å²) in [5, 5.41) is 7.08. The van der Waals surface area contributed by atoms with E-state index in [0.717, 1.165) is 25.9 Å². The summed E-state index contributed by atoms with van der Waals surface area (Å²) in [5.74, 6) is 0.266. The number of nitrogens with one attached hydrogen (secondary N) is 1. The molecule has 2 aliphatic heterocycles. The van der Waals surface area contributed by atoms with Crippen LogP contribution in [0, 0.1) is 0 Å². The minimum Gasteiger partial charge on any atom is -0.350 e. The first-order chi connectivity index (χ1) is 7.74. The Balaban J connectivity index is 1.79. The average molecular weight is 286 g/mol. The Morgan fingerprint density at radius 3 is 3.31 bits per heavy atom. The lowest BCUT2D eigenvalue weighted by atomic mass is 10.0. The lowest BCUT2D eigenvalue weighted by molar-refractivity contribution is 0.0615. The van der Waals surface area contributed by atoms with Crippen molar-refractivity contribution >= 4 is 21.8 Å². The number of carbonyl (C=O) groups excluding carboxylic acids is 1. The van der Waals surface area contributed by atoms with Gasteiger partial charge in [-0.2, -0.15) is 0 Å². The van der Waals surface area contributed by atoms with Crippen molar-refractivity contribution in [1.82, 2.24) is 15.4 Å². The van der Waals surface area contributed by atoms with Gasteiger partial charge < -0.3 is 14.7 Å². The zero-order chi connectivity index (χ0) is 11.1. The molecule has 5 nitrogen and oxygen atoms in total. The van der Waals surface area contributed by atoms with E-state index in [1.54, 1.807) is 6.07 Å². The molecule has 0 aromatic carbocycles. The molecule has 1 aromatic heterocycles. The van der Waals surface area contributed by atoms with E-state index in [-0.39, 0.29) is 5.91 Å². The number of piperidine rings is 1. The number of aromatic nitrogens is 1. The zero-order valence-corrected chi connectivity index (χ0v) is 10.2. The van der Waals surface area contributed by atoms with Crippen molar-refractivity contribution in [2.75, 3.05) is 13.1 Å². The van der Waals surface area contributed by atoms with Crippen molar-refractivity contribution in [1.29, 1.82) is 0 Å². The van der Waals surface area contributed by atoms with E-state index in [1.165, 1.54) is 0 Å². The monoisotopic (exact) mass is 285 g/mol. The van der Waals surface area contributed by atoms with Gasteiger partial charge in [0, 0.05) is 31.2 Å². The van der Waals surface area contributed by atoms with Gasteiger partial charge in [0.1, 0.15) is 4.60 Å². The second kappa shape index (κ2) is 3.85. The molecule has 1 aromatic rings. The number of hydrogen-bond acceptors (Lipinski definition) is 4. The van der Waals surface area contributed by atoms with Gasteiger partial charge in [-0.3, -0.25) is 4.79 Å². The highest BCUT2D eigenvalue weighted by atomic mass is 79.9. The molecule has 0 saturated carbocycles. The molecule has 86 valence electrons. The van der Waals surface area contributed by atoms with Gasteiger partial charge in [0.2, 0.25) is 5.76 Å². The van der Waals surface area contributed by atoms with E-state index in [4.69, 9.17) is 4.52 Å². The van der Waals surface area contributed by atoms with Crippen LogP contribution in [0.5, 0.6) is 0 Å². The third-order valence-electron chi connectivity index (χ3n) is 3.31.